The summed E-state index contributed by atoms with van der Waals surface area (Å²) in [7, 11) is 1.61. The molecular formula is C17H23N3O3. The number of carbonyl (C=O) groups is 2. The molecule has 1 aliphatic heterocycles. The zero-order valence-electron chi connectivity index (χ0n) is 13.8. The summed E-state index contributed by atoms with van der Waals surface area (Å²) in [5, 5.41) is 8.47. The van der Waals surface area contributed by atoms with Gasteiger partial charge in [-0.2, -0.15) is 5.10 Å². The highest BCUT2D eigenvalue weighted by Gasteiger charge is 2.23. The fourth-order valence-electron chi connectivity index (χ4n) is 2.27. The number of amides is 2. The van der Waals surface area contributed by atoms with Crippen LogP contribution in [0.4, 0.5) is 0 Å². The van der Waals surface area contributed by atoms with Crippen molar-refractivity contribution in [1.29, 1.82) is 0 Å². The second-order valence-corrected chi connectivity index (χ2v) is 5.60. The molecule has 0 unspecified atom stereocenters. The number of hydrogen-bond donors (Lipinski definition) is 1. The predicted molar refractivity (Wildman–Crippen MR) is 88.4 cm³/mol. The molecule has 6 heteroatoms. The molecule has 124 valence electrons. The molecule has 1 aromatic rings. The van der Waals surface area contributed by atoms with Crippen LogP contribution < -0.4 is 10.1 Å². The zero-order chi connectivity index (χ0) is 16.8. The van der Waals surface area contributed by atoms with Crippen LogP contribution >= 0.6 is 0 Å². The maximum atomic E-state index is 12.0. The Morgan fingerprint density at radius 1 is 1.35 bits per heavy atom. The average molecular weight is 317 g/mol. The average Bonchev–Trinajstić information content (AvgIpc) is 2.56. The summed E-state index contributed by atoms with van der Waals surface area (Å²) in [6, 6.07) is 7.62. The van der Waals surface area contributed by atoms with Crippen LogP contribution in [-0.4, -0.2) is 42.2 Å². The van der Waals surface area contributed by atoms with Gasteiger partial charge in [0, 0.05) is 18.9 Å². The summed E-state index contributed by atoms with van der Waals surface area (Å²) in [6.07, 6.45) is 1.79. The Bertz CT molecular complexity index is 596. The predicted octanol–water partition coefficient (Wildman–Crippen LogP) is 1.94. The van der Waals surface area contributed by atoms with E-state index in [4.69, 9.17) is 4.74 Å². The van der Waals surface area contributed by atoms with Crippen LogP contribution in [0, 0.1) is 0 Å². The molecule has 0 fully saturated rings. The Kier molecular flexibility index (Phi) is 5.73. The monoisotopic (exact) mass is 317 g/mol. The minimum absolute atomic E-state index is 0.0389. The molecule has 1 aliphatic rings. The number of nitrogens with one attached hydrogen (secondary N) is 1. The number of nitrogens with zero attached hydrogens (tertiary/aromatic N) is 2. The molecule has 0 saturated heterocycles. The van der Waals surface area contributed by atoms with Crippen molar-refractivity contribution in [3.63, 3.8) is 0 Å². The number of carbonyl (C=O) groups excluding carboxylic acids is 2. The second-order valence-electron chi connectivity index (χ2n) is 5.60. The molecule has 0 aromatic heterocycles. The Balaban J connectivity index is 2.09. The van der Waals surface area contributed by atoms with Crippen molar-refractivity contribution in [2.24, 2.45) is 5.10 Å². The van der Waals surface area contributed by atoms with Gasteiger partial charge in [-0.25, -0.2) is 5.01 Å². The normalized spacial score (nSPS) is 15.9. The number of methoxy groups -OCH3 is 1. The van der Waals surface area contributed by atoms with Crippen molar-refractivity contribution in [3.05, 3.63) is 29.8 Å². The highest BCUT2D eigenvalue weighted by molar-refractivity contribution is 6.04. The van der Waals surface area contributed by atoms with Crippen molar-refractivity contribution in [3.8, 4) is 5.75 Å². The zero-order valence-corrected chi connectivity index (χ0v) is 13.8. The lowest BCUT2D eigenvalue weighted by Crippen LogP contribution is -2.42. The third-order valence-corrected chi connectivity index (χ3v) is 3.84. The molecule has 0 radical (unpaired) electrons. The molecule has 2 rings (SSSR count). The first-order valence-electron chi connectivity index (χ1n) is 7.85. The smallest absolute Gasteiger partial charge is 0.243 e. The van der Waals surface area contributed by atoms with Gasteiger partial charge in [0.2, 0.25) is 11.8 Å². The van der Waals surface area contributed by atoms with Crippen molar-refractivity contribution >= 4 is 17.5 Å². The Labute approximate surface area is 136 Å². The van der Waals surface area contributed by atoms with E-state index >= 15 is 0 Å². The van der Waals surface area contributed by atoms with Crippen molar-refractivity contribution in [2.45, 2.75) is 39.2 Å². The van der Waals surface area contributed by atoms with Gasteiger partial charge in [0.25, 0.3) is 0 Å². The summed E-state index contributed by atoms with van der Waals surface area (Å²) >= 11 is 0. The molecule has 1 atom stereocenters. The van der Waals surface area contributed by atoms with E-state index in [2.05, 4.69) is 10.4 Å². The highest BCUT2D eigenvalue weighted by Crippen LogP contribution is 2.18. The maximum absolute atomic E-state index is 12.0. The molecule has 0 spiro atoms. The molecule has 23 heavy (non-hydrogen) atoms. The van der Waals surface area contributed by atoms with Gasteiger partial charge in [-0.05, 0) is 43.2 Å². The minimum atomic E-state index is -0.188. The van der Waals surface area contributed by atoms with E-state index in [0.717, 1.165) is 23.4 Å². The molecular weight excluding hydrogens is 294 g/mol. The fourth-order valence-corrected chi connectivity index (χ4v) is 2.27. The quantitative estimate of drug-likeness (QED) is 0.871. The van der Waals surface area contributed by atoms with Gasteiger partial charge in [0.1, 0.15) is 12.3 Å². The number of rotatable bonds is 6. The van der Waals surface area contributed by atoms with E-state index in [9.17, 15) is 9.59 Å². The van der Waals surface area contributed by atoms with Gasteiger partial charge in [-0.15, -0.1) is 0 Å². The molecule has 0 aliphatic carbocycles. The lowest BCUT2D eigenvalue weighted by atomic mass is 10.0. The third kappa shape index (κ3) is 4.55. The van der Waals surface area contributed by atoms with Crippen molar-refractivity contribution in [2.75, 3.05) is 13.7 Å². The van der Waals surface area contributed by atoms with Crippen LogP contribution in [0.2, 0.25) is 0 Å². The van der Waals surface area contributed by atoms with Crippen LogP contribution in [0.1, 0.15) is 38.7 Å². The van der Waals surface area contributed by atoms with Gasteiger partial charge < -0.3 is 10.1 Å². The SMILES string of the molecule is CC[C@@H](C)NC(=O)CN1N=C(c2ccc(OC)cc2)CCC1=O. The number of benzene rings is 1. The van der Waals surface area contributed by atoms with Gasteiger partial charge in [0.05, 0.1) is 12.8 Å². The summed E-state index contributed by atoms with van der Waals surface area (Å²) in [6.45, 7) is 3.89. The Hall–Kier alpha value is -2.37. The first kappa shape index (κ1) is 17.0. The standard InChI is InChI=1S/C17H23N3O3/c1-4-12(2)18-16(21)11-20-17(22)10-9-15(19-20)13-5-7-14(23-3)8-6-13/h5-8,12H,4,9-11H2,1-3H3,(H,18,21)/t12-/m1/s1. The second kappa shape index (κ2) is 7.76. The maximum Gasteiger partial charge on any atom is 0.243 e. The lowest BCUT2D eigenvalue weighted by molar-refractivity contribution is -0.136. The van der Waals surface area contributed by atoms with Gasteiger partial charge in [-0.1, -0.05) is 6.92 Å². The van der Waals surface area contributed by atoms with E-state index in [0.29, 0.717) is 12.8 Å². The summed E-state index contributed by atoms with van der Waals surface area (Å²) < 4.78 is 5.14. The van der Waals surface area contributed by atoms with E-state index in [1.54, 1.807) is 7.11 Å². The van der Waals surface area contributed by atoms with E-state index in [1.165, 1.54) is 5.01 Å². The first-order chi connectivity index (χ1) is 11.0. The van der Waals surface area contributed by atoms with Crippen LogP contribution in [0.15, 0.2) is 29.4 Å². The van der Waals surface area contributed by atoms with E-state index in [1.807, 2.05) is 38.1 Å². The summed E-state index contributed by atoms with van der Waals surface area (Å²) in [5.41, 5.74) is 1.74. The van der Waals surface area contributed by atoms with Gasteiger partial charge >= 0.3 is 0 Å². The molecule has 6 nitrogen and oxygen atoms in total. The first-order valence-corrected chi connectivity index (χ1v) is 7.85. The summed E-state index contributed by atoms with van der Waals surface area (Å²) in [4.78, 5) is 23.9. The van der Waals surface area contributed by atoms with E-state index < -0.39 is 0 Å². The number of hydrazone groups is 1. The topological polar surface area (TPSA) is 71.0 Å². The molecule has 1 aromatic carbocycles. The largest absolute Gasteiger partial charge is 0.497 e. The van der Waals surface area contributed by atoms with Crippen LogP contribution in [0.3, 0.4) is 0 Å². The molecule has 2 amide bonds. The van der Waals surface area contributed by atoms with Crippen LogP contribution in [0.5, 0.6) is 5.75 Å². The Morgan fingerprint density at radius 2 is 2.04 bits per heavy atom. The Morgan fingerprint density at radius 3 is 2.65 bits per heavy atom. The van der Waals surface area contributed by atoms with Crippen LogP contribution in [0.25, 0.3) is 0 Å². The number of ether oxygens (including phenoxy) is 1. The van der Waals surface area contributed by atoms with Crippen molar-refractivity contribution in [1.82, 2.24) is 10.3 Å². The molecule has 1 heterocycles. The molecule has 0 saturated carbocycles. The lowest BCUT2D eigenvalue weighted by Gasteiger charge is -2.24. The van der Waals surface area contributed by atoms with Gasteiger partial charge in [0.15, 0.2) is 0 Å². The fraction of sp³-hybridized carbons (Fsp3) is 0.471. The van der Waals surface area contributed by atoms with Crippen LogP contribution in [-0.2, 0) is 9.59 Å². The van der Waals surface area contributed by atoms with E-state index in [-0.39, 0.29) is 24.4 Å². The van der Waals surface area contributed by atoms with Gasteiger partial charge in [-0.3, -0.25) is 9.59 Å². The summed E-state index contributed by atoms with van der Waals surface area (Å²) in [5.74, 6) is 0.458. The molecule has 0 bridgehead atoms. The highest BCUT2D eigenvalue weighted by atomic mass is 16.5. The number of hydrogen-bond acceptors (Lipinski definition) is 4. The molecule has 1 N–H and O–H groups in total. The van der Waals surface area contributed by atoms with Crippen molar-refractivity contribution < 1.29 is 14.3 Å². The minimum Gasteiger partial charge on any atom is -0.497 e. The third-order valence-electron chi connectivity index (χ3n) is 3.84.